The van der Waals surface area contributed by atoms with Crippen LogP contribution in [0, 0.1) is 5.92 Å². The predicted molar refractivity (Wildman–Crippen MR) is 71.0 cm³/mol. The quantitative estimate of drug-likeness (QED) is 0.817. The number of hydrogen-bond donors (Lipinski definition) is 1. The van der Waals surface area contributed by atoms with Crippen LogP contribution >= 0.6 is 0 Å². The Bertz CT molecular complexity index is 220. The Morgan fingerprint density at radius 2 is 1.82 bits per heavy atom. The van der Waals surface area contributed by atoms with Crippen molar-refractivity contribution in [2.45, 2.75) is 50.5 Å². The molecule has 0 bridgehead atoms. The fourth-order valence-electron chi connectivity index (χ4n) is 3.35. The molecule has 1 aliphatic heterocycles. The van der Waals surface area contributed by atoms with E-state index in [-0.39, 0.29) is 5.54 Å². The lowest BCUT2D eigenvalue weighted by Crippen LogP contribution is -2.53. The lowest BCUT2D eigenvalue weighted by molar-refractivity contribution is 0.0385. The first-order chi connectivity index (χ1) is 8.18. The maximum Gasteiger partial charge on any atom is 0.0484 e. The molecule has 3 nitrogen and oxygen atoms in total. The molecule has 1 heterocycles. The minimum absolute atomic E-state index is 0.00165. The van der Waals surface area contributed by atoms with E-state index in [1.54, 1.807) is 0 Å². The molecule has 0 aromatic rings. The van der Waals surface area contributed by atoms with Gasteiger partial charge >= 0.3 is 0 Å². The van der Waals surface area contributed by atoms with Crippen LogP contribution in [-0.4, -0.2) is 43.8 Å². The lowest BCUT2D eigenvalue weighted by Gasteiger charge is -2.38. The van der Waals surface area contributed by atoms with Crippen LogP contribution in [0.25, 0.3) is 0 Å². The van der Waals surface area contributed by atoms with Gasteiger partial charge in [0.25, 0.3) is 0 Å². The topological polar surface area (TPSA) is 38.5 Å². The largest absolute Gasteiger partial charge is 0.381 e. The average molecular weight is 240 g/mol. The molecule has 1 aliphatic carbocycles. The van der Waals surface area contributed by atoms with Crippen LogP contribution in [0.1, 0.15) is 44.9 Å². The molecule has 1 saturated carbocycles. The van der Waals surface area contributed by atoms with E-state index in [1.807, 2.05) is 0 Å². The van der Waals surface area contributed by atoms with Crippen molar-refractivity contribution in [2.75, 3.05) is 33.4 Å². The molecule has 0 aromatic carbocycles. The first-order valence-electron chi connectivity index (χ1n) is 7.23. The molecule has 100 valence electrons. The average Bonchev–Trinajstić information content (AvgIpc) is 2.30. The molecule has 0 unspecified atom stereocenters. The molecule has 2 fully saturated rings. The fraction of sp³-hybridized carbons (Fsp3) is 1.00. The molecule has 0 spiro atoms. The first-order valence-corrected chi connectivity index (χ1v) is 7.23. The Kier molecular flexibility index (Phi) is 4.83. The van der Waals surface area contributed by atoms with Gasteiger partial charge < -0.3 is 15.4 Å². The Hall–Kier alpha value is -0.120. The third kappa shape index (κ3) is 4.23. The van der Waals surface area contributed by atoms with Gasteiger partial charge in [-0.25, -0.2) is 0 Å². The highest BCUT2D eigenvalue weighted by molar-refractivity contribution is 4.89. The van der Waals surface area contributed by atoms with Crippen LogP contribution in [0.2, 0.25) is 0 Å². The molecular weight excluding hydrogens is 212 g/mol. The normalized spacial score (nSPS) is 26.3. The van der Waals surface area contributed by atoms with Crippen LogP contribution in [0.15, 0.2) is 0 Å². The van der Waals surface area contributed by atoms with E-state index in [0.717, 1.165) is 38.5 Å². The molecule has 2 rings (SSSR count). The molecule has 0 aromatic heterocycles. The summed E-state index contributed by atoms with van der Waals surface area (Å²) in [5.74, 6) is 0.914. The highest BCUT2D eigenvalue weighted by Gasteiger charge is 2.29. The third-order valence-electron chi connectivity index (χ3n) is 4.37. The van der Waals surface area contributed by atoms with Crippen molar-refractivity contribution < 1.29 is 4.74 Å². The van der Waals surface area contributed by atoms with E-state index in [1.165, 1.54) is 38.6 Å². The summed E-state index contributed by atoms with van der Waals surface area (Å²) in [4.78, 5) is 2.46. The summed E-state index contributed by atoms with van der Waals surface area (Å²) in [5.41, 5.74) is 6.45. The van der Waals surface area contributed by atoms with Gasteiger partial charge in [0.05, 0.1) is 0 Å². The standard InChI is InChI=1S/C14H28N2O/c1-16(11-13-5-3-2-4-6-13)12-14(15)7-9-17-10-8-14/h13H,2-12,15H2,1H3. The van der Waals surface area contributed by atoms with Crippen molar-refractivity contribution in [3.05, 3.63) is 0 Å². The summed E-state index contributed by atoms with van der Waals surface area (Å²) in [7, 11) is 2.23. The van der Waals surface area contributed by atoms with E-state index in [9.17, 15) is 0 Å². The van der Waals surface area contributed by atoms with Gasteiger partial charge in [-0.3, -0.25) is 0 Å². The highest BCUT2D eigenvalue weighted by Crippen LogP contribution is 2.25. The number of hydrogen-bond acceptors (Lipinski definition) is 3. The maximum absolute atomic E-state index is 6.44. The van der Waals surface area contributed by atoms with Gasteiger partial charge in [0.2, 0.25) is 0 Å². The summed E-state index contributed by atoms with van der Waals surface area (Å²) < 4.78 is 5.40. The van der Waals surface area contributed by atoms with Gasteiger partial charge in [0.1, 0.15) is 0 Å². The second kappa shape index (κ2) is 6.17. The molecule has 1 saturated heterocycles. The van der Waals surface area contributed by atoms with Crippen LogP contribution in [-0.2, 0) is 4.74 Å². The monoisotopic (exact) mass is 240 g/mol. The Labute approximate surface area is 106 Å². The van der Waals surface area contributed by atoms with Gasteiger partial charge in [-0.05, 0) is 38.6 Å². The number of nitrogens with zero attached hydrogens (tertiary/aromatic N) is 1. The minimum Gasteiger partial charge on any atom is -0.381 e. The van der Waals surface area contributed by atoms with Crippen molar-refractivity contribution >= 4 is 0 Å². The zero-order valence-electron chi connectivity index (χ0n) is 11.3. The van der Waals surface area contributed by atoms with Crippen LogP contribution in [0.5, 0.6) is 0 Å². The Morgan fingerprint density at radius 3 is 2.47 bits per heavy atom. The number of rotatable bonds is 4. The second-order valence-electron chi connectivity index (χ2n) is 6.18. The molecule has 2 N–H and O–H groups in total. The van der Waals surface area contributed by atoms with Gasteiger partial charge in [0, 0.05) is 31.8 Å². The van der Waals surface area contributed by atoms with Crippen molar-refractivity contribution in [2.24, 2.45) is 11.7 Å². The zero-order valence-corrected chi connectivity index (χ0v) is 11.3. The second-order valence-corrected chi connectivity index (χ2v) is 6.18. The van der Waals surface area contributed by atoms with E-state index in [4.69, 9.17) is 10.5 Å². The Morgan fingerprint density at radius 1 is 1.18 bits per heavy atom. The smallest absolute Gasteiger partial charge is 0.0484 e. The van der Waals surface area contributed by atoms with Crippen molar-refractivity contribution in [3.63, 3.8) is 0 Å². The summed E-state index contributed by atoms with van der Waals surface area (Å²) in [5, 5.41) is 0. The van der Waals surface area contributed by atoms with Gasteiger partial charge in [-0.15, -0.1) is 0 Å². The van der Waals surface area contributed by atoms with Gasteiger partial charge in [-0.1, -0.05) is 19.3 Å². The first kappa shape index (κ1) is 13.3. The van der Waals surface area contributed by atoms with Crippen LogP contribution in [0.3, 0.4) is 0 Å². The lowest BCUT2D eigenvalue weighted by atomic mass is 9.87. The fourth-order valence-corrected chi connectivity index (χ4v) is 3.35. The number of likely N-dealkylation sites (N-methyl/N-ethyl adjacent to an activating group) is 1. The molecule has 2 aliphatic rings. The molecule has 17 heavy (non-hydrogen) atoms. The van der Waals surface area contributed by atoms with Crippen molar-refractivity contribution in [1.29, 1.82) is 0 Å². The van der Waals surface area contributed by atoms with Crippen LogP contribution in [0.4, 0.5) is 0 Å². The SMILES string of the molecule is CN(CC1CCCCC1)CC1(N)CCOCC1. The van der Waals surface area contributed by atoms with Crippen LogP contribution < -0.4 is 5.73 Å². The van der Waals surface area contributed by atoms with Gasteiger partial charge in [-0.2, -0.15) is 0 Å². The van der Waals surface area contributed by atoms with E-state index in [0.29, 0.717) is 0 Å². The summed E-state index contributed by atoms with van der Waals surface area (Å²) >= 11 is 0. The Balaban J connectivity index is 1.73. The number of ether oxygens (including phenoxy) is 1. The zero-order chi connectivity index (χ0) is 12.1. The van der Waals surface area contributed by atoms with Crippen molar-refractivity contribution in [1.82, 2.24) is 4.90 Å². The molecule has 3 heteroatoms. The summed E-state index contributed by atoms with van der Waals surface area (Å²) in [6.07, 6.45) is 9.18. The molecule has 0 radical (unpaired) electrons. The summed E-state index contributed by atoms with van der Waals surface area (Å²) in [6.45, 7) is 3.95. The van der Waals surface area contributed by atoms with Crippen molar-refractivity contribution in [3.8, 4) is 0 Å². The number of nitrogens with two attached hydrogens (primary N) is 1. The minimum atomic E-state index is 0.00165. The molecule has 0 amide bonds. The maximum atomic E-state index is 6.44. The highest BCUT2D eigenvalue weighted by atomic mass is 16.5. The van der Waals surface area contributed by atoms with E-state index >= 15 is 0 Å². The van der Waals surface area contributed by atoms with Gasteiger partial charge in [0.15, 0.2) is 0 Å². The summed E-state index contributed by atoms with van der Waals surface area (Å²) in [6, 6.07) is 0. The molecular formula is C14H28N2O. The van der Waals surface area contributed by atoms with E-state index < -0.39 is 0 Å². The molecule has 0 atom stereocenters. The third-order valence-corrected chi connectivity index (χ3v) is 4.37. The van der Waals surface area contributed by atoms with E-state index in [2.05, 4.69) is 11.9 Å². The predicted octanol–water partition coefficient (Wildman–Crippen LogP) is 2.01.